The lowest BCUT2D eigenvalue weighted by Crippen LogP contribution is -2.22. The van der Waals surface area contributed by atoms with E-state index in [1.54, 1.807) is 0 Å². The first-order chi connectivity index (χ1) is 6.42. The Morgan fingerprint density at radius 3 is 3.38 bits per heavy atom. The van der Waals surface area contributed by atoms with Gasteiger partial charge in [-0.05, 0) is 30.8 Å². The van der Waals surface area contributed by atoms with Crippen LogP contribution in [0.4, 0.5) is 0 Å². The van der Waals surface area contributed by atoms with E-state index in [1.165, 1.54) is 0 Å². The minimum absolute atomic E-state index is 0.0116. The summed E-state index contributed by atoms with van der Waals surface area (Å²) < 4.78 is 5.53. The third-order valence-corrected chi connectivity index (χ3v) is 2.04. The molecule has 1 aliphatic rings. The summed E-state index contributed by atoms with van der Waals surface area (Å²) in [5.74, 6) is 0. The van der Waals surface area contributed by atoms with Gasteiger partial charge in [0.15, 0.2) is 6.23 Å². The van der Waals surface area contributed by atoms with Crippen LogP contribution in [-0.2, 0) is 4.74 Å². The van der Waals surface area contributed by atoms with Crippen molar-refractivity contribution in [3.05, 3.63) is 41.6 Å². The molecule has 1 aromatic rings. The maximum atomic E-state index is 5.53. The second kappa shape index (κ2) is 3.62. The molecule has 2 rings (SSSR count). The lowest BCUT2D eigenvalue weighted by Gasteiger charge is -2.22. The van der Waals surface area contributed by atoms with E-state index in [0.717, 1.165) is 11.1 Å². The van der Waals surface area contributed by atoms with Crippen molar-refractivity contribution in [2.45, 2.75) is 13.2 Å². The molecule has 2 nitrogen and oxygen atoms in total. The Hall–Kier alpha value is -1.28. The summed E-state index contributed by atoms with van der Waals surface area (Å²) >= 11 is 0. The van der Waals surface area contributed by atoms with Crippen molar-refractivity contribution in [3.63, 3.8) is 0 Å². The maximum absolute atomic E-state index is 5.53. The van der Waals surface area contributed by atoms with Crippen molar-refractivity contribution >= 4 is 6.08 Å². The van der Waals surface area contributed by atoms with Crippen molar-refractivity contribution in [2.75, 3.05) is 6.61 Å². The minimum atomic E-state index is -0.0116. The maximum Gasteiger partial charge on any atom is 0.154 e. The standard InChI is InChI=1S/C11H12NO/c1-2-13-11-10-6-4-3-5-9(10)7-8-12-11/h3-4,6-8,11-12H,2H2,1H3. The predicted molar refractivity (Wildman–Crippen MR) is 51.8 cm³/mol. The van der Waals surface area contributed by atoms with Crippen LogP contribution in [0.3, 0.4) is 0 Å². The molecule has 67 valence electrons. The molecule has 1 aromatic carbocycles. The van der Waals surface area contributed by atoms with E-state index in [2.05, 4.69) is 17.4 Å². The van der Waals surface area contributed by atoms with Gasteiger partial charge in [0, 0.05) is 12.2 Å². The average Bonchev–Trinajstić information content (AvgIpc) is 2.19. The smallest absolute Gasteiger partial charge is 0.154 e. The van der Waals surface area contributed by atoms with Gasteiger partial charge in [-0.15, -0.1) is 0 Å². The van der Waals surface area contributed by atoms with Gasteiger partial charge in [0.05, 0.1) is 0 Å². The number of hydrogen-bond acceptors (Lipinski definition) is 2. The number of fused-ring (bicyclic) bond motifs is 1. The zero-order valence-corrected chi connectivity index (χ0v) is 7.58. The molecule has 1 heterocycles. The highest BCUT2D eigenvalue weighted by Crippen LogP contribution is 2.23. The van der Waals surface area contributed by atoms with E-state index < -0.39 is 0 Å². The van der Waals surface area contributed by atoms with Crippen LogP contribution in [0.25, 0.3) is 6.08 Å². The van der Waals surface area contributed by atoms with E-state index in [-0.39, 0.29) is 6.23 Å². The lowest BCUT2D eigenvalue weighted by atomic mass is 10.0. The van der Waals surface area contributed by atoms with Crippen LogP contribution in [0, 0.1) is 6.07 Å². The lowest BCUT2D eigenvalue weighted by molar-refractivity contribution is 0.0464. The number of benzene rings is 1. The fourth-order valence-electron chi connectivity index (χ4n) is 1.45. The van der Waals surface area contributed by atoms with Gasteiger partial charge in [0.2, 0.25) is 0 Å². The van der Waals surface area contributed by atoms with Crippen LogP contribution in [0.5, 0.6) is 0 Å². The van der Waals surface area contributed by atoms with Gasteiger partial charge in [-0.2, -0.15) is 0 Å². The third kappa shape index (κ3) is 1.58. The first-order valence-corrected chi connectivity index (χ1v) is 4.46. The van der Waals surface area contributed by atoms with Crippen LogP contribution >= 0.6 is 0 Å². The Balaban J connectivity index is 2.32. The molecule has 1 N–H and O–H groups in total. The molecule has 1 unspecified atom stereocenters. The molecule has 2 heteroatoms. The monoisotopic (exact) mass is 174 g/mol. The van der Waals surface area contributed by atoms with Crippen LogP contribution < -0.4 is 5.32 Å². The number of nitrogens with one attached hydrogen (secondary N) is 1. The van der Waals surface area contributed by atoms with Gasteiger partial charge in [-0.25, -0.2) is 0 Å². The number of rotatable bonds is 2. The molecule has 13 heavy (non-hydrogen) atoms. The normalized spacial score (nSPS) is 19.3. The average molecular weight is 174 g/mol. The first kappa shape index (κ1) is 8.32. The summed E-state index contributed by atoms with van der Waals surface area (Å²) in [4.78, 5) is 0. The zero-order valence-electron chi connectivity index (χ0n) is 7.58. The predicted octanol–water partition coefficient (Wildman–Crippen LogP) is 2.10. The van der Waals surface area contributed by atoms with Crippen LogP contribution in [0.2, 0.25) is 0 Å². The molecule has 1 radical (unpaired) electrons. The van der Waals surface area contributed by atoms with Crippen molar-refractivity contribution < 1.29 is 4.74 Å². The van der Waals surface area contributed by atoms with E-state index in [1.807, 2.05) is 31.3 Å². The van der Waals surface area contributed by atoms with Crippen LogP contribution in [0.15, 0.2) is 24.4 Å². The highest BCUT2D eigenvalue weighted by Gasteiger charge is 2.14. The van der Waals surface area contributed by atoms with E-state index in [4.69, 9.17) is 4.74 Å². The van der Waals surface area contributed by atoms with Crippen LogP contribution in [-0.4, -0.2) is 6.61 Å². The third-order valence-electron chi connectivity index (χ3n) is 2.04. The van der Waals surface area contributed by atoms with E-state index >= 15 is 0 Å². The molecular formula is C11H12NO. The molecule has 0 bridgehead atoms. The van der Waals surface area contributed by atoms with E-state index in [9.17, 15) is 0 Å². The van der Waals surface area contributed by atoms with Gasteiger partial charge < -0.3 is 10.1 Å². The Morgan fingerprint density at radius 1 is 1.62 bits per heavy atom. The molecule has 0 amide bonds. The van der Waals surface area contributed by atoms with Gasteiger partial charge in [0.1, 0.15) is 0 Å². The van der Waals surface area contributed by atoms with Gasteiger partial charge in [0.25, 0.3) is 0 Å². The molecule has 0 saturated carbocycles. The molecule has 0 aliphatic carbocycles. The molecule has 0 spiro atoms. The van der Waals surface area contributed by atoms with Gasteiger partial charge in [-0.1, -0.05) is 18.2 Å². The molecule has 1 aliphatic heterocycles. The SMILES string of the molecule is CCOC1NC=Cc2[c]cccc21. The Labute approximate surface area is 78.2 Å². The minimum Gasteiger partial charge on any atom is -0.362 e. The second-order valence-electron chi connectivity index (χ2n) is 2.87. The van der Waals surface area contributed by atoms with Crippen molar-refractivity contribution in [3.8, 4) is 0 Å². The van der Waals surface area contributed by atoms with Crippen molar-refractivity contribution in [1.82, 2.24) is 5.32 Å². The fraction of sp³-hybridized carbons (Fsp3) is 0.273. The van der Waals surface area contributed by atoms with Crippen LogP contribution in [0.1, 0.15) is 24.3 Å². The Bertz CT molecular complexity index is 320. The summed E-state index contributed by atoms with van der Waals surface area (Å²) in [7, 11) is 0. The topological polar surface area (TPSA) is 21.3 Å². The summed E-state index contributed by atoms with van der Waals surface area (Å²) in [6, 6.07) is 9.12. The first-order valence-electron chi connectivity index (χ1n) is 4.46. The van der Waals surface area contributed by atoms with Gasteiger partial charge >= 0.3 is 0 Å². The zero-order chi connectivity index (χ0) is 9.10. The molecule has 1 atom stereocenters. The second-order valence-corrected chi connectivity index (χ2v) is 2.87. The van der Waals surface area contributed by atoms with Crippen molar-refractivity contribution in [2.24, 2.45) is 0 Å². The summed E-state index contributed by atoms with van der Waals surface area (Å²) in [6.07, 6.45) is 3.90. The summed E-state index contributed by atoms with van der Waals surface area (Å²) in [5.41, 5.74) is 2.27. The van der Waals surface area contributed by atoms with Gasteiger partial charge in [-0.3, -0.25) is 0 Å². The Kier molecular flexibility index (Phi) is 2.32. The van der Waals surface area contributed by atoms with E-state index in [0.29, 0.717) is 6.61 Å². The summed E-state index contributed by atoms with van der Waals surface area (Å²) in [6.45, 7) is 2.70. The fourth-order valence-corrected chi connectivity index (χ4v) is 1.45. The van der Waals surface area contributed by atoms with Crippen molar-refractivity contribution in [1.29, 1.82) is 0 Å². The number of ether oxygens (including phenoxy) is 1. The molecule has 0 fully saturated rings. The highest BCUT2D eigenvalue weighted by molar-refractivity contribution is 5.55. The Morgan fingerprint density at radius 2 is 2.54 bits per heavy atom. The highest BCUT2D eigenvalue weighted by atomic mass is 16.5. The summed E-state index contributed by atoms with van der Waals surface area (Å²) in [5, 5.41) is 3.15. The molecule has 0 aromatic heterocycles. The molecular weight excluding hydrogens is 162 g/mol. The largest absolute Gasteiger partial charge is 0.362 e. The quantitative estimate of drug-likeness (QED) is 0.741. The number of hydrogen-bond donors (Lipinski definition) is 1. The molecule has 0 saturated heterocycles.